The number of fused-ring (bicyclic) bond motifs is 1. The predicted molar refractivity (Wildman–Crippen MR) is 60.4 cm³/mol. The molecule has 0 saturated carbocycles. The van der Waals surface area contributed by atoms with Crippen LogP contribution in [0.4, 0.5) is 0 Å². The van der Waals surface area contributed by atoms with Gasteiger partial charge in [-0.3, -0.25) is 0 Å². The van der Waals surface area contributed by atoms with E-state index in [2.05, 4.69) is 38.4 Å². The minimum Gasteiger partial charge on any atom is -0.341 e. The van der Waals surface area contributed by atoms with Crippen molar-refractivity contribution >= 4 is 22.9 Å². The summed E-state index contributed by atoms with van der Waals surface area (Å²) in [7, 11) is 0. The van der Waals surface area contributed by atoms with Crippen LogP contribution in [0.2, 0.25) is 0 Å². The maximum atomic E-state index is 4.16. The topological polar surface area (TPSA) is 54.5 Å². The monoisotopic (exact) mass is 216 g/mol. The zero-order valence-corrected chi connectivity index (χ0v) is 8.71. The molecule has 4 nitrogen and oxygen atoms in total. The van der Waals surface area contributed by atoms with E-state index in [4.69, 9.17) is 0 Å². The Morgan fingerprint density at radius 3 is 3.27 bits per heavy atom. The minimum absolute atomic E-state index is 0.678. The third-order valence-corrected chi connectivity index (χ3v) is 2.55. The van der Waals surface area contributed by atoms with Crippen molar-refractivity contribution in [2.45, 2.75) is 5.03 Å². The summed E-state index contributed by atoms with van der Waals surface area (Å²) in [6, 6.07) is 0. The highest BCUT2D eigenvalue weighted by Gasteiger charge is 2.04. The fourth-order valence-electron chi connectivity index (χ4n) is 1.07. The summed E-state index contributed by atoms with van der Waals surface area (Å²) in [5.41, 5.74) is 1.55. The molecule has 2 aromatic rings. The number of aromatic amines is 1. The van der Waals surface area contributed by atoms with E-state index in [1.54, 1.807) is 24.2 Å². The lowest BCUT2D eigenvalue weighted by molar-refractivity contribution is 1.09. The lowest BCUT2D eigenvalue weighted by Gasteiger charge is -1.96. The Labute approximate surface area is 91.2 Å². The number of thioether (sulfide) groups is 1. The van der Waals surface area contributed by atoms with Crippen LogP contribution in [0.1, 0.15) is 0 Å². The SMILES string of the molecule is C=CC#CCSc1ncnc2nc[nH]c12. The number of hydrogen-bond donors (Lipinski definition) is 1. The number of aromatic nitrogens is 4. The van der Waals surface area contributed by atoms with Crippen molar-refractivity contribution in [2.75, 3.05) is 5.75 Å². The Morgan fingerprint density at radius 2 is 2.40 bits per heavy atom. The summed E-state index contributed by atoms with van der Waals surface area (Å²) >= 11 is 1.55. The van der Waals surface area contributed by atoms with E-state index in [0.29, 0.717) is 11.4 Å². The molecule has 74 valence electrons. The molecule has 0 aliphatic heterocycles. The van der Waals surface area contributed by atoms with Crippen LogP contribution >= 0.6 is 11.8 Å². The molecule has 0 unspecified atom stereocenters. The highest BCUT2D eigenvalue weighted by molar-refractivity contribution is 7.99. The predicted octanol–water partition coefficient (Wildman–Crippen LogP) is 1.63. The Hall–Kier alpha value is -1.80. The molecule has 1 N–H and O–H groups in total. The molecule has 0 amide bonds. The number of rotatable bonds is 2. The number of hydrogen-bond acceptors (Lipinski definition) is 4. The smallest absolute Gasteiger partial charge is 0.181 e. The molecule has 0 aromatic carbocycles. The Bertz CT molecular complexity index is 535. The van der Waals surface area contributed by atoms with Crippen LogP contribution < -0.4 is 0 Å². The van der Waals surface area contributed by atoms with Crippen LogP contribution in [0, 0.1) is 11.8 Å². The zero-order chi connectivity index (χ0) is 10.5. The first-order valence-electron chi connectivity index (χ1n) is 4.28. The third-order valence-electron chi connectivity index (χ3n) is 1.67. The van der Waals surface area contributed by atoms with Crippen LogP contribution in [-0.2, 0) is 0 Å². The summed E-state index contributed by atoms with van der Waals surface area (Å²) in [6.45, 7) is 3.52. The van der Waals surface area contributed by atoms with Gasteiger partial charge in [0.05, 0.1) is 12.1 Å². The van der Waals surface area contributed by atoms with Gasteiger partial charge in [-0.2, -0.15) is 0 Å². The van der Waals surface area contributed by atoms with Gasteiger partial charge in [0.1, 0.15) is 16.9 Å². The summed E-state index contributed by atoms with van der Waals surface area (Å²) in [5.74, 6) is 6.40. The summed E-state index contributed by atoms with van der Waals surface area (Å²) in [6.07, 6.45) is 4.69. The van der Waals surface area contributed by atoms with Gasteiger partial charge < -0.3 is 4.98 Å². The largest absolute Gasteiger partial charge is 0.341 e. The van der Waals surface area contributed by atoms with E-state index in [-0.39, 0.29) is 0 Å². The minimum atomic E-state index is 0.678. The number of nitrogens with one attached hydrogen (secondary N) is 1. The zero-order valence-electron chi connectivity index (χ0n) is 7.90. The molecule has 0 aliphatic rings. The van der Waals surface area contributed by atoms with Crippen molar-refractivity contribution in [1.82, 2.24) is 19.9 Å². The maximum absolute atomic E-state index is 4.16. The van der Waals surface area contributed by atoms with Crippen molar-refractivity contribution in [3.63, 3.8) is 0 Å². The van der Waals surface area contributed by atoms with E-state index in [1.165, 1.54) is 6.33 Å². The second-order valence-corrected chi connectivity index (χ2v) is 3.56. The molecule has 0 fully saturated rings. The van der Waals surface area contributed by atoms with Gasteiger partial charge in [0.15, 0.2) is 5.65 Å². The van der Waals surface area contributed by atoms with E-state index >= 15 is 0 Å². The number of imidazole rings is 1. The normalized spacial score (nSPS) is 9.60. The highest BCUT2D eigenvalue weighted by Crippen LogP contribution is 2.20. The van der Waals surface area contributed by atoms with Gasteiger partial charge >= 0.3 is 0 Å². The van der Waals surface area contributed by atoms with Crippen molar-refractivity contribution in [3.05, 3.63) is 25.3 Å². The van der Waals surface area contributed by atoms with Gasteiger partial charge in [0, 0.05) is 0 Å². The number of H-pyrrole nitrogens is 1. The first-order valence-corrected chi connectivity index (χ1v) is 5.26. The van der Waals surface area contributed by atoms with Crippen molar-refractivity contribution in [1.29, 1.82) is 0 Å². The molecule has 0 atom stereocenters. The quantitative estimate of drug-likeness (QED) is 0.471. The van der Waals surface area contributed by atoms with Gasteiger partial charge in [0.2, 0.25) is 0 Å². The molecule has 15 heavy (non-hydrogen) atoms. The molecular formula is C10H8N4S. The lowest BCUT2D eigenvalue weighted by atomic mass is 10.6. The molecule has 2 aromatic heterocycles. The van der Waals surface area contributed by atoms with Gasteiger partial charge in [0.25, 0.3) is 0 Å². The fourth-order valence-corrected chi connectivity index (χ4v) is 1.78. The molecule has 2 rings (SSSR count). The second-order valence-electron chi connectivity index (χ2n) is 2.59. The Balaban J connectivity index is 2.20. The standard InChI is InChI=1S/C10H8N4S/c1-2-3-4-5-15-10-8-9(12-6-11-8)13-7-14-10/h2,6-7H,1,5H2,(H,11,12,13,14). The second kappa shape index (κ2) is 4.62. The molecule has 0 radical (unpaired) electrons. The van der Waals surface area contributed by atoms with Crippen molar-refractivity contribution in [2.24, 2.45) is 0 Å². The molecule has 2 heterocycles. The summed E-state index contributed by atoms with van der Waals surface area (Å²) in [5, 5.41) is 0.871. The van der Waals surface area contributed by atoms with Gasteiger partial charge in [-0.1, -0.05) is 30.2 Å². The van der Waals surface area contributed by atoms with E-state index in [0.717, 1.165) is 10.5 Å². The van der Waals surface area contributed by atoms with E-state index in [9.17, 15) is 0 Å². The maximum Gasteiger partial charge on any atom is 0.181 e. The third kappa shape index (κ3) is 2.17. The summed E-state index contributed by atoms with van der Waals surface area (Å²) in [4.78, 5) is 15.2. The van der Waals surface area contributed by atoms with E-state index in [1.807, 2.05) is 0 Å². The highest BCUT2D eigenvalue weighted by atomic mass is 32.2. The van der Waals surface area contributed by atoms with E-state index < -0.39 is 0 Å². The van der Waals surface area contributed by atoms with Crippen LogP contribution in [-0.4, -0.2) is 25.7 Å². The average molecular weight is 216 g/mol. The molecule has 0 bridgehead atoms. The fraction of sp³-hybridized carbons (Fsp3) is 0.100. The van der Waals surface area contributed by atoms with Crippen molar-refractivity contribution < 1.29 is 0 Å². The van der Waals surface area contributed by atoms with Gasteiger partial charge in [-0.15, -0.1) is 0 Å². The first kappa shape index (κ1) is 9.74. The number of allylic oxidation sites excluding steroid dienone is 1. The van der Waals surface area contributed by atoms with Gasteiger partial charge in [-0.05, 0) is 6.08 Å². The van der Waals surface area contributed by atoms with Gasteiger partial charge in [-0.25, -0.2) is 15.0 Å². The number of nitrogens with zero attached hydrogens (tertiary/aromatic N) is 3. The lowest BCUT2D eigenvalue weighted by Crippen LogP contribution is -1.86. The average Bonchev–Trinajstić information content (AvgIpc) is 2.73. The van der Waals surface area contributed by atoms with Crippen LogP contribution in [0.3, 0.4) is 0 Å². The van der Waals surface area contributed by atoms with Crippen molar-refractivity contribution in [3.8, 4) is 11.8 Å². The van der Waals surface area contributed by atoms with Crippen LogP contribution in [0.5, 0.6) is 0 Å². The molecule has 0 saturated heterocycles. The van der Waals surface area contributed by atoms with Crippen LogP contribution in [0.15, 0.2) is 30.3 Å². The summed E-state index contributed by atoms with van der Waals surface area (Å²) < 4.78 is 0. The molecule has 5 heteroatoms. The molecule has 0 aliphatic carbocycles. The Kier molecular flexibility index (Phi) is 3.00. The molecule has 0 spiro atoms. The van der Waals surface area contributed by atoms with Crippen LogP contribution in [0.25, 0.3) is 11.2 Å². The molecular weight excluding hydrogens is 208 g/mol. The first-order chi connectivity index (χ1) is 7.42. The Morgan fingerprint density at radius 1 is 1.47 bits per heavy atom.